The van der Waals surface area contributed by atoms with Crippen molar-refractivity contribution in [3.63, 3.8) is 0 Å². The predicted molar refractivity (Wildman–Crippen MR) is 108 cm³/mol. The lowest BCUT2D eigenvalue weighted by Crippen LogP contribution is -2.03. The molecule has 0 radical (unpaired) electrons. The fraction of sp³-hybridized carbons (Fsp3) is 0.190. The van der Waals surface area contributed by atoms with Crippen molar-refractivity contribution in [3.05, 3.63) is 60.0 Å². The van der Waals surface area contributed by atoms with Gasteiger partial charge in [0.1, 0.15) is 11.5 Å². The average Bonchev–Trinajstić information content (AvgIpc) is 3.46. The number of hydrogen-bond acceptors (Lipinski definition) is 6. The summed E-state index contributed by atoms with van der Waals surface area (Å²) in [6.45, 7) is 6.27. The van der Waals surface area contributed by atoms with Crippen molar-refractivity contribution in [2.75, 3.05) is 0 Å². The molecule has 4 aromatic heterocycles. The van der Waals surface area contributed by atoms with Crippen molar-refractivity contribution < 1.29 is 8.81 Å². The number of halogens is 1. The molecule has 0 saturated carbocycles. The summed E-state index contributed by atoms with van der Waals surface area (Å²) in [6, 6.07) is 10.2. The van der Waals surface area contributed by atoms with Crippen molar-refractivity contribution in [1.82, 2.24) is 34.7 Å². The first-order valence-corrected chi connectivity index (χ1v) is 9.54. The summed E-state index contributed by atoms with van der Waals surface area (Å²) in [4.78, 5) is 4.84. The molecule has 0 N–H and O–H groups in total. The van der Waals surface area contributed by atoms with Gasteiger partial charge in [-0.2, -0.15) is 10.2 Å². The third kappa shape index (κ3) is 2.78. The van der Waals surface area contributed by atoms with Gasteiger partial charge in [0.2, 0.25) is 11.8 Å². The number of nitrogens with zero attached hydrogens (tertiary/aromatic N) is 7. The van der Waals surface area contributed by atoms with E-state index in [1.54, 1.807) is 31.3 Å². The molecule has 150 valence electrons. The third-order valence-corrected chi connectivity index (χ3v) is 4.93. The summed E-state index contributed by atoms with van der Waals surface area (Å²) in [5.41, 5.74) is 3.68. The summed E-state index contributed by atoms with van der Waals surface area (Å²) >= 11 is 0. The molecule has 1 aromatic carbocycles. The number of aromatic nitrogens is 7. The second kappa shape index (κ2) is 6.87. The van der Waals surface area contributed by atoms with Gasteiger partial charge < -0.3 is 4.42 Å². The Kier molecular flexibility index (Phi) is 4.16. The predicted octanol–water partition coefficient (Wildman–Crippen LogP) is 4.11. The van der Waals surface area contributed by atoms with Gasteiger partial charge in [-0.15, -0.1) is 10.2 Å². The molecular formula is C21H18FN7O. The lowest BCUT2D eigenvalue weighted by atomic mass is 10.1. The van der Waals surface area contributed by atoms with Crippen LogP contribution in [0, 0.1) is 19.7 Å². The molecule has 0 aliphatic carbocycles. The Morgan fingerprint density at radius 2 is 1.93 bits per heavy atom. The molecule has 8 nitrogen and oxygen atoms in total. The summed E-state index contributed by atoms with van der Waals surface area (Å²) in [5, 5.41) is 17.8. The van der Waals surface area contributed by atoms with Crippen LogP contribution in [-0.4, -0.2) is 34.7 Å². The van der Waals surface area contributed by atoms with E-state index in [4.69, 9.17) is 9.40 Å². The average molecular weight is 403 g/mol. The fourth-order valence-electron chi connectivity index (χ4n) is 3.59. The zero-order valence-corrected chi connectivity index (χ0v) is 16.7. The zero-order chi connectivity index (χ0) is 20.8. The van der Waals surface area contributed by atoms with Crippen LogP contribution in [0.25, 0.3) is 39.6 Å². The smallest absolute Gasteiger partial charge is 0.248 e. The van der Waals surface area contributed by atoms with E-state index in [0.717, 1.165) is 11.1 Å². The van der Waals surface area contributed by atoms with Crippen LogP contribution >= 0.6 is 0 Å². The van der Waals surface area contributed by atoms with Gasteiger partial charge in [-0.3, -0.25) is 4.68 Å². The molecule has 5 aromatic rings. The van der Waals surface area contributed by atoms with Crippen molar-refractivity contribution >= 4 is 11.0 Å². The number of para-hydroxylation sites is 1. The number of benzene rings is 1. The SMILES string of the molecule is CCn1nccc1-c1cc(-c2nnc(C)o2)c2c(C)nn(-c3ccccc3F)c2n1. The monoisotopic (exact) mass is 403 g/mol. The number of fused-ring (bicyclic) bond motifs is 1. The van der Waals surface area contributed by atoms with Crippen LogP contribution in [-0.2, 0) is 6.54 Å². The second-order valence-corrected chi connectivity index (χ2v) is 6.86. The maximum atomic E-state index is 14.6. The number of hydrogen-bond donors (Lipinski definition) is 0. The van der Waals surface area contributed by atoms with Gasteiger partial charge in [0.05, 0.1) is 28.0 Å². The van der Waals surface area contributed by atoms with Crippen molar-refractivity contribution in [2.24, 2.45) is 0 Å². The minimum absolute atomic E-state index is 0.317. The van der Waals surface area contributed by atoms with Gasteiger partial charge >= 0.3 is 0 Å². The van der Waals surface area contributed by atoms with Crippen molar-refractivity contribution in [2.45, 2.75) is 27.3 Å². The van der Waals surface area contributed by atoms with E-state index in [9.17, 15) is 4.39 Å². The van der Waals surface area contributed by atoms with Gasteiger partial charge in [-0.1, -0.05) is 12.1 Å². The Morgan fingerprint density at radius 3 is 2.67 bits per heavy atom. The molecule has 0 unspecified atom stereocenters. The highest BCUT2D eigenvalue weighted by Gasteiger charge is 2.22. The molecule has 0 amide bonds. The topological polar surface area (TPSA) is 87.5 Å². The van der Waals surface area contributed by atoms with Gasteiger partial charge in [-0.05, 0) is 38.1 Å². The van der Waals surface area contributed by atoms with E-state index in [1.807, 2.05) is 30.7 Å². The Morgan fingerprint density at radius 1 is 1.10 bits per heavy atom. The van der Waals surface area contributed by atoms with Crippen LogP contribution in [0.2, 0.25) is 0 Å². The first-order chi connectivity index (χ1) is 14.6. The van der Waals surface area contributed by atoms with Gasteiger partial charge in [-0.25, -0.2) is 14.1 Å². The summed E-state index contributed by atoms with van der Waals surface area (Å²) < 4.78 is 23.7. The second-order valence-electron chi connectivity index (χ2n) is 6.86. The minimum Gasteiger partial charge on any atom is -0.421 e. The first-order valence-electron chi connectivity index (χ1n) is 9.54. The van der Waals surface area contributed by atoms with Crippen LogP contribution in [0.5, 0.6) is 0 Å². The van der Waals surface area contributed by atoms with Gasteiger partial charge in [0.15, 0.2) is 5.65 Å². The van der Waals surface area contributed by atoms with Crippen LogP contribution in [0.1, 0.15) is 18.5 Å². The molecule has 0 bridgehead atoms. The van der Waals surface area contributed by atoms with E-state index in [0.29, 0.717) is 46.6 Å². The lowest BCUT2D eigenvalue weighted by Gasteiger charge is -2.09. The highest BCUT2D eigenvalue weighted by atomic mass is 19.1. The van der Waals surface area contributed by atoms with Crippen LogP contribution in [0.3, 0.4) is 0 Å². The molecule has 0 aliphatic heterocycles. The molecular weight excluding hydrogens is 385 g/mol. The van der Waals surface area contributed by atoms with E-state index >= 15 is 0 Å². The fourth-order valence-corrected chi connectivity index (χ4v) is 3.59. The molecule has 0 aliphatic rings. The number of aryl methyl sites for hydroxylation is 3. The molecule has 0 atom stereocenters. The maximum Gasteiger partial charge on any atom is 0.248 e. The Balaban J connectivity index is 1.87. The van der Waals surface area contributed by atoms with Crippen LogP contribution in [0.15, 0.2) is 47.0 Å². The normalized spacial score (nSPS) is 11.5. The zero-order valence-electron chi connectivity index (χ0n) is 16.7. The highest BCUT2D eigenvalue weighted by molar-refractivity contribution is 5.95. The van der Waals surface area contributed by atoms with E-state index in [1.165, 1.54) is 10.7 Å². The lowest BCUT2D eigenvalue weighted by molar-refractivity contribution is 0.533. The summed E-state index contributed by atoms with van der Waals surface area (Å²) in [7, 11) is 0. The van der Waals surface area contributed by atoms with Gasteiger partial charge in [0.25, 0.3) is 0 Å². The summed E-state index contributed by atoms with van der Waals surface area (Å²) in [6.07, 6.45) is 1.72. The van der Waals surface area contributed by atoms with E-state index in [2.05, 4.69) is 20.4 Å². The Labute approximate surface area is 171 Å². The Bertz CT molecular complexity index is 1380. The highest BCUT2D eigenvalue weighted by Crippen LogP contribution is 2.34. The van der Waals surface area contributed by atoms with E-state index in [-0.39, 0.29) is 5.82 Å². The largest absolute Gasteiger partial charge is 0.421 e. The minimum atomic E-state index is -0.386. The number of rotatable bonds is 4. The van der Waals surface area contributed by atoms with Crippen molar-refractivity contribution in [1.29, 1.82) is 0 Å². The molecule has 30 heavy (non-hydrogen) atoms. The molecule has 4 heterocycles. The summed E-state index contributed by atoms with van der Waals surface area (Å²) in [5.74, 6) is 0.428. The quantitative estimate of drug-likeness (QED) is 0.449. The molecule has 0 spiro atoms. The van der Waals surface area contributed by atoms with Crippen LogP contribution < -0.4 is 0 Å². The molecule has 5 rings (SSSR count). The first kappa shape index (κ1) is 18.2. The standard InChI is InChI=1S/C21H18FN7O/c1-4-28-18(9-10-23-28)16-11-14(21-26-25-13(3)30-21)19-12(2)27-29(20(19)24-16)17-8-6-5-7-15(17)22/h5-11H,4H2,1-3H3. The molecule has 9 heteroatoms. The third-order valence-electron chi connectivity index (χ3n) is 4.93. The van der Waals surface area contributed by atoms with Crippen LogP contribution in [0.4, 0.5) is 4.39 Å². The molecule has 0 saturated heterocycles. The van der Waals surface area contributed by atoms with Crippen molar-refractivity contribution in [3.8, 4) is 28.5 Å². The number of pyridine rings is 1. The van der Waals surface area contributed by atoms with E-state index < -0.39 is 0 Å². The maximum absolute atomic E-state index is 14.6. The van der Waals surface area contributed by atoms with Gasteiger partial charge in [0, 0.05) is 19.7 Å². The molecule has 0 fully saturated rings. The Hall–Kier alpha value is -3.88.